The van der Waals surface area contributed by atoms with Crippen LogP contribution in [0.15, 0.2) is 36.9 Å². The molecular weight excluding hydrogens is 158 g/mol. The summed E-state index contributed by atoms with van der Waals surface area (Å²) in [5.74, 6) is 0. The normalized spacial score (nSPS) is 15.2. The fourth-order valence-electron chi connectivity index (χ4n) is 1.96. The Morgan fingerprint density at radius 3 is 3.08 bits per heavy atom. The Labute approximate surface area is 79.7 Å². The van der Waals surface area contributed by atoms with Gasteiger partial charge in [-0.1, -0.05) is 24.3 Å². The number of hydrogen-bond donors (Lipinski definition) is 0. The molecule has 0 saturated heterocycles. The second-order valence-corrected chi connectivity index (χ2v) is 3.47. The van der Waals surface area contributed by atoms with Gasteiger partial charge in [-0.3, -0.25) is 0 Å². The van der Waals surface area contributed by atoms with Gasteiger partial charge in [-0.05, 0) is 24.5 Å². The molecule has 0 atom stereocenters. The molecule has 2 rings (SSSR count). The standard InChI is InChI=1S/C12H15N/c1-2-9-13-10-5-7-11-6-3-4-8-12(11)13/h2-4,6,8H,1,5,7,9-10H2. The van der Waals surface area contributed by atoms with Crippen LogP contribution in [0.2, 0.25) is 0 Å². The molecule has 1 aliphatic heterocycles. The molecule has 1 nitrogen and oxygen atoms in total. The van der Waals surface area contributed by atoms with Gasteiger partial charge in [0.05, 0.1) is 0 Å². The van der Waals surface area contributed by atoms with Crippen molar-refractivity contribution in [1.82, 2.24) is 0 Å². The Bertz CT molecular complexity index is 304. The van der Waals surface area contributed by atoms with Crippen molar-refractivity contribution in [3.8, 4) is 0 Å². The monoisotopic (exact) mass is 173 g/mol. The van der Waals surface area contributed by atoms with Gasteiger partial charge in [-0.15, -0.1) is 6.58 Å². The van der Waals surface area contributed by atoms with E-state index in [2.05, 4.69) is 35.7 Å². The maximum Gasteiger partial charge on any atom is 0.0401 e. The fraction of sp³-hybridized carbons (Fsp3) is 0.333. The zero-order valence-electron chi connectivity index (χ0n) is 7.87. The van der Waals surface area contributed by atoms with Crippen LogP contribution in [-0.4, -0.2) is 13.1 Å². The highest BCUT2D eigenvalue weighted by Gasteiger charge is 2.13. The first kappa shape index (κ1) is 8.36. The van der Waals surface area contributed by atoms with Crippen molar-refractivity contribution in [3.63, 3.8) is 0 Å². The quantitative estimate of drug-likeness (QED) is 0.621. The Kier molecular flexibility index (Phi) is 2.35. The van der Waals surface area contributed by atoms with Gasteiger partial charge >= 0.3 is 0 Å². The van der Waals surface area contributed by atoms with E-state index in [9.17, 15) is 0 Å². The highest BCUT2D eigenvalue weighted by atomic mass is 15.1. The number of fused-ring (bicyclic) bond motifs is 1. The predicted octanol–water partition coefficient (Wildman–Crippen LogP) is 2.63. The summed E-state index contributed by atoms with van der Waals surface area (Å²) in [7, 11) is 0. The van der Waals surface area contributed by atoms with Crippen LogP contribution < -0.4 is 4.90 Å². The molecule has 0 amide bonds. The van der Waals surface area contributed by atoms with Crippen LogP contribution >= 0.6 is 0 Å². The summed E-state index contributed by atoms with van der Waals surface area (Å²) in [6, 6.07) is 8.67. The molecule has 1 heterocycles. The minimum Gasteiger partial charge on any atom is -0.368 e. The van der Waals surface area contributed by atoms with Crippen LogP contribution in [0.3, 0.4) is 0 Å². The molecule has 0 bridgehead atoms. The number of aryl methyl sites for hydroxylation is 1. The third kappa shape index (κ3) is 1.59. The lowest BCUT2D eigenvalue weighted by Gasteiger charge is -2.30. The molecule has 0 N–H and O–H groups in total. The summed E-state index contributed by atoms with van der Waals surface area (Å²) in [4.78, 5) is 2.39. The first-order valence-electron chi connectivity index (χ1n) is 4.85. The number of rotatable bonds is 2. The Morgan fingerprint density at radius 2 is 2.23 bits per heavy atom. The zero-order chi connectivity index (χ0) is 9.10. The molecular formula is C12H15N. The van der Waals surface area contributed by atoms with E-state index in [1.807, 2.05) is 6.08 Å². The van der Waals surface area contributed by atoms with Gasteiger partial charge in [-0.25, -0.2) is 0 Å². The number of para-hydroxylation sites is 1. The Morgan fingerprint density at radius 1 is 1.38 bits per heavy atom. The average Bonchev–Trinajstić information content (AvgIpc) is 2.19. The van der Waals surface area contributed by atoms with Gasteiger partial charge in [0.15, 0.2) is 0 Å². The Hall–Kier alpha value is -1.24. The summed E-state index contributed by atoms with van der Waals surface area (Å²) in [5, 5.41) is 0. The topological polar surface area (TPSA) is 3.24 Å². The third-order valence-electron chi connectivity index (χ3n) is 2.56. The smallest absolute Gasteiger partial charge is 0.0401 e. The van der Waals surface area contributed by atoms with Crippen molar-refractivity contribution in [1.29, 1.82) is 0 Å². The molecule has 0 saturated carbocycles. The van der Waals surface area contributed by atoms with E-state index in [-0.39, 0.29) is 0 Å². The van der Waals surface area contributed by atoms with Crippen LogP contribution in [0.25, 0.3) is 0 Å². The third-order valence-corrected chi connectivity index (χ3v) is 2.56. The maximum atomic E-state index is 3.79. The fourth-order valence-corrected chi connectivity index (χ4v) is 1.96. The molecule has 13 heavy (non-hydrogen) atoms. The van der Waals surface area contributed by atoms with Gasteiger partial charge in [0.1, 0.15) is 0 Å². The van der Waals surface area contributed by atoms with Gasteiger partial charge in [0.2, 0.25) is 0 Å². The second-order valence-electron chi connectivity index (χ2n) is 3.47. The van der Waals surface area contributed by atoms with Gasteiger partial charge in [0, 0.05) is 18.8 Å². The van der Waals surface area contributed by atoms with Crippen LogP contribution in [0.4, 0.5) is 5.69 Å². The van der Waals surface area contributed by atoms with Crippen molar-refractivity contribution < 1.29 is 0 Å². The van der Waals surface area contributed by atoms with Crippen LogP contribution in [-0.2, 0) is 6.42 Å². The molecule has 0 fully saturated rings. The van der Waals surface area contributed by atoms with E-state index in [1.165, 1.54) is 30.6 Å². The van der Waals surface area contributed by atoms with Crippen molar-refractivity contribution in [2.75, 3.05) is 18.0 Å². The minimum atomic E-state index is 0.969. The molecule has 0 spiro atoms. The highest BCUT2D eigenvalue weighted by molar-refractivity contribution is 5.55. The SMILES string of the molecule is C=CCN1CCCc2ccccc21. The van der Waals surface area contributed by atoms with Crippen LogP contribution in [0, 0.1) is 0 Å². The molecule has 0 radical (unpaired) electrons. The van der Waals surface area contributed by atoms with E-state index in [1.54, 1.807) is 0 Å². The zero-order valence-corrected chi connectivity index (χ0v) is 7.87. The lowest BCUT2D eigenvalue weighted by atomic mass is 10.0. The maximum absolute atomic E-state index is 3.79. The largest absolute Gasteiger partial charge is 0.368 e. The number of hydrogen-bond acceptors (Lipinski definition) is 1. The van der Waals surface area contributed by atoms with E-state index in [4.69, 9.17) is 0 Å². The van der Waals surface area contributed by atoms with Crippen molar-refractivity contribution in [2.24, 2.45) is 0 Å². The molecule has 0 aromatic heterocycles. The van der Waals surface area contributed by atoms with Crippen molar-refractivity contribution in [2.45, 2.75) is 12.8 Å². The average molecular weight is 173 g/mol. The molecule has 68 valence electrons. The number of anilines is 1. The minimum absolute atomic E-state index is 0.969. The summed E-state index contributed by atoms with van der Waals surface area (Å²) >= 11 is 0. The summed E-state index contributed by atoms with van der Waals surface area (Å²) in [6.45, 7) is 5.92. The molecule has 1 aromatic carbocycles. The molecule has 1 aromatic rings. The van der Waals surface area contributed by atoms with E-state index < -0.39 is 0 Å². The van der Waals surface area contributed by atoms with Crippen molar-refractivity contribution >= 4 is 5.69 Å². The Balaban J connectivity index is 2.31. The van der Waals surface area contributed by atoms with E-state index in [0.29, 0.717) is 0 Å². The first-order chi connectivity index (χ1) is 6.42. The molecule has 0 unspecified atom stereocenters. The number of benzene rings is 1. The predicted molar refractivity (Wildman–Crippen MR) is 57.2 cm³/mol. The first-order valence-corrected chi connectivity index (χ1v) is 4.85. The van der Waals surface area contributed by atoms with Crippen LogP contribution in [0.1, 0.15) is 12.0 Å². The highest BCUT2D eigenvalue weighted by Crippen LogP contribution is 2.25. The number of nitrogens with zero attached hydrogens (tertiary/aromatic N) is 1. The second kappa shape index (κ2) is 3.65. The van der Waals surface area contributed by atoms with E-state index >= 15 is 0 Å². The van der Waals surface area contributed by atoms with Crippen LogP contribution in [0.5, 0.6) is 0 Å². The van der Waals surface area contributed by atoms with Gasteiger partial charge in [0.25, 0.3) is 0 Å². The molecule has 1 heteroatoms. The summed E-state index contributed by atoms with van der Waals surface area (Å²) in [6.07, 6.45) is 4.47. The lowest BCUT2D eigenvalue weighted by molar-refractivity contribution is 0.722. The lowest BCUT2D eigenvalue weighted by Crippen LogP contribution is -2.29. The summed E-state index contributed by atoms with van der Waals surface area (Å²) in [5.41, 5.74) is 2.88. The molecule has 1 aliphatic rings. The molecule has 0 aliphatic carbocycles. The van der Waals surface area contributed by atoms with E-state index in [0.717, 1.165) is 6.54 Å². The van der Waals surface area contributed by atoms with Gasteiger partial charge in [-0.2, -0.15) is 0 Å². The van der Waals surface area contributed by atoms with Crippen molar-refractivity contribution in [3.05, 3.63) is 42.5 Å². The van der Waals surface area contributed by atoms with Gasteiger partial charge < -0.3 is 4.90 Å². The summed E-state index contributed by atoms with van der Waals surface area (Å²) < 4.78 is 0.